The van der Waals surface area contributed by atoms with Gasteiger partial charge in [0, 0.05) is 26.1 Å². The number of Topliss-reactive ketones (excluding diaryl/α,β-unsaturated/α-hetero) is 1. The number of piperidine rings is 1. The lowest BCUT2D eigenvalue weighted by atomic mass is 9.97. The highest BCUT2D eigenvalue weighted by Crippen LogP contribution is 2.26. The van der Waals surface area contributed by atoms with Crippen LogP contribution in [-0.2, 0) is 14.8 Å². The summed E-state index contributed by atoms with van der Waals surface area (Å²) in [5.74, 6) is -2.39. The average molecular weight is 522 g/mol. The van der Waals surface area contributed by atoms with Crippen LogP contribution in [0.25, 0.3) is 11.1 Å². The Morgan fingerprint density at radius 3 is 2.58 bits per heavy atom. The molecule has 2 aromatic carbocycles. The summed E-state index contributed by atoms with van der Waals surface area (Å²) in [7, 11) is -0.0678. The summed E-state index contributed by atoms with van der Waals surface area (Å²) in [6, 6.07) is 8.55. The number of halogens is 2. The number of carbonyl (C=O) groups excluding carboxylic acids is 2. The fourth-order valence-electron chi connectivity index (χ4n) is 4.35. The van der Waals surface area contributed by atoms with Gasteiger partial charge >= 0.3 is 0 Å². The van der Waals surface area contributed by atoms with Crippen LogP contribution in [-0.4, -0.2) is 75.9 Å². The van der Waals surface area contributed by atoms with Gasteiger partial charge in [-0.25, -0.2) is 21.9 Å². The van der Waals surface area contributed by atoms with E-state index in [2.05, 4.69) is 4.72 Å². The Bertz CT molecular complexity index is 1220. The van der Waals surface area contributed by atoms with Crippen molar-refractivity contribution in [2.45, 2.75) is 26.2 Å². The van der Waals surface area contributed by atoms with Crippen LogP contribution in [0.5, 0.6) is 0 Å². The summed E-state index contributed by atoms with van der Waals surface area (Å²) in [6.07, 6.45) is 1.75. The van der Waals surface area contributed by atoms with Gasteiger partial charge in [-0.1, -0.05) is 12.1 Å². The molecule has 1 N–H and O–H groups in total. The van der Waals surface area contributed by atoms with Crippen molar-refractivity contribution in [3.8, 4) is 11.1 Å². The third-order valence-electron chi connectivity index (χ3n) is 6.27. The maximum absolute atomic E-state index is 14.7. The normalized spacial score (nSPS) is 16.4. The van der Waals surface area contributed by atoms with Crippen molar-refractivity contribution in [3.05, 3.63) is 59.2 Å². The van der Waals surface area contributed by atoms with Crippen LogP contribution in [0.2, 0.25) is 0 Å². The molecule has 1 unspecified atom stereocenters. The van der Waals surface area contributed by atoms with Gasteiger partial charge < -0.3 is 9.80 Å². The van der Waals surface area contributed by atoms with Crippen LogP contribution in [0.4, 0.5) is 8.78 Å². The number of nitrogens with zero attached hydrogens (tertiary/aromatic N) is 2. The highest BCUT2D eigenvalue weighted by molar-refractivity contribution is 7.89. The summed E-state index contributed by atoms with van der Waals surface area (Å²) in [5, 5.41) is 0. The van der Waals surface area contributed by atoms with Gasteiger partial charge in [0.15, 0.2) is 5.78 Å². The second-order valence-electron chi connectivity index (χ2n) is 9.59. The van der Waals surface area contributed by atoms with E-state index in [0.717, 1.165) is 0 Å². The van der Waals surface area contributed by atoms with Crippen LogP contribution >= 0.6 is 0 Å². The molecule has 0 spiro atoms. The van der Waals surface area contributed by atoms with Crippen LogP contribution < -0.4 is 4.72 Å². The Morgan fingerprint density at radius 2 is 1.89 bits per heavy atom. The third kappa shape index (κ3) is 7.65. The Labute approximate surface area is 211 Å². The molecule has 0 aromatic heterocycles. The van der Waals surface area contributed by atoms with Crippen molar-refractivity contribution < 1.29 is 26.8 Å². The Kier molecular flexibility index (Phi) is 9.32. The number of rotatable bonds is 10. The van der Waals surface area contributed by atoms with Crippen molar-refractivity contribution in [1.82, 2.24) is 14.5 Å². The number of hydrogen-bond acceptors (Lipinski definition) is 5. The lowest BCUT2D eigenvalue weighted by molar-refractivity contribution is -0.133. The van der Waals surface area contributed by atoms with Crippen molar-refractivity contribution in [2.75, 3.05) is 46.0 Å². The molecule has 7 nitrogen and oxygen atoms in total. The monoisotopic (exact) mass is 521 g/mol. The maximum Gasteiger partial charge on any atom is 0.223 e. The zero-order valence-electron chi connectivity index (χ0n) is 20.9. The number of benzene rings is 2. The van der Waals surface area contributed by atoms with Gasteiger partial charge in [-0.2, -0.15) is 0 Å². The predicted octanol–water partition coefficient (Wildman–Crippen LogP) is 3.23. The molecule has 0 bridgehead atoms. The summed E-state index contributed by atoms with van der Waals surface area (Å²) in [5.41, 5.74) is 0.882. The van der Waals surface area contributed by atoms with E-state index in [-0.39, 0.29) is 28.7 Å². The van der Waals surface area contributed by atoms with Crippen molar-refractivity contribution >= 4 is 21.7 Å². The van der Waals surface area contributed by atoms with E-state index in [1.807, 2.05) is 19.0 Å². The lowest BCUT2D eigenvalue weighted by Crippen LogP contribution is -2.44. The van der Waals surface area contributed by atoms with Crippen LogP contribution in [0.3, 0.4) is 0 Å². The molecule has 2 aromatic rings. The Morgan fingerprint density at radius 1 is 1.14 bits per heavy atom. The molecule has 0 saturated carbocycles. The number of likely N-dealkylation sites (tertiary alicyclic amines) is 1. The van der Waals surface area contributed by atoms with Crippen LogP contribution in [0.1, 0.15) is 35.2 Å². The molecule has 0 aliphatic carbocycles. The molecule has 1 saturated heterocycles. The van der Waals surface area contributed by atoms with E-state index in [0.29, 0.717) is 50.0 Å². The number of hydrogen-bond donors (Lipinski definition) is 1. The van der Waals surface area contributed by atoms with E-state index in [1.165, 1.54) is 37.3 Å². The molecule has 1 aliphatic heterocycles. The molecule has 1 fully saturated rings. The molecule has 1 heterocycles. The topological polar surface area (TPSA) is 86.8 Å². The highest BCUT2D eigenvalue weighted by Gasteiger charge is 2.28. The summed E-state index contributed by atoms with van der Waals surface area (Å²) in [4.78, 5) is 28.8. The van der Waals surface area contributed by atoms with Gasteiger partial charge in [0.1, 0.15) is 11.6 Å². The SMILES string of the molecule is Cc1cc(-c2cccc(F)c2)cc(C(=O)CNS(=O)(=O)CC2CCCN(C(=O)CCN(C)C)C2)c1F. The first kappa shape index (κ1) is 27.9. The van der Waals surface area contributed by atoms with Gasteiger partial charge in [-0.05, 0) is 80.7 Å². The van der Waals surface area contributed by atoms with Gasteiger partial charge in [0.2, 0.25) is 15.9 Å². The molecule has 1 aliphatic rings. The largest absolute Gasteiger partial charge is 0.342 e. The number of ketones is 1. The minimum Gasteiger partial charge on any atom is -0.342 e. The number of carbonyl (C=O) groups is 2. The Balaban J connectivity index is 1.63. The zero-order chi connectivity index (χ0) is 26.5. The number of nitrogens with one attached hydrogen (secondary N) is 1. The second kappa shape index (κ2) is 12.0. The number of amides is 1. The standard InChI is InChI=1S/C26H33F2N3O4S/c1-18-12-21(20-7-4-8-22(27)13-20)14-23(26(18)28)24(32)15-29-36(34,35)17-19-6-5-10-31(16-19)25(33)9-11-30(2)3/h4,7-8,12-14,19,29H,5-6,9-11,15-17H2,1-3H3. The third-order valence-corrected chi connectivity index (χ3v) is 7.76. The first-order valence-electron chi connectivity index (χ1n) is 11.9. The molecule has 36 heavy (non-hydrogen) atoms. The molecule has 1 amide bonds. The van der Waals surface area contributed by atoms with Gasteiger partial charge in [0.25, 0.3) is 0 Å². The average Bonchev–Trinajstić information content (AvgIpc) is 2.82. The van der Waals surface area contributed by atoms with Crippen molar-refractivity contribution in [2.24, 2.45) is 5.92 Å². The van der Waals surface area contributed by atoms with Crippen LogP contribution in [0.15, 0.2) is 36.4 Å². The first-order valence-corrected chi connectivity index (χ1v) is 13.6. The summed E-state index contributed by atoms with van der Waals surface area (Å²) < 4.78 is 56.1. The molecule has 1 atom stereocenters. The maximum atomic E-state index is 14.7. The van der Waals surface area contributed by atoms with E-state index in [4.69, 9.17) is 0 Å². The van der Waals surface area contributed by atoms with Gasteiger partial charge in [0.05, 0.1) is 17.9 Å². The molecule has 10 heteroatoms. The summed E-state index contributed by atoms with van der Waals surface area (Å²) >= 11 is 0. The zero-order valence-corrected chi connectivity index (χ0v) is 21.7. The van der Waals surface area contributed by atoms with Crippen LogP contribution in [0, 0.1) is 24.5 Å². The smallest absolute Gasteiger partial charge is 0.223 e. The highest BCUT2D eigenvalue weighted by atomic mass is 32.2. The predicted molar refractivity (Wildman–Crippen MR) is 135 cm³/mol. The fourth-order valence-corrected chi connectivity index (χ4v) is 5.71. The number of aryl methyl sites for hydroxylation is 1. The first-order chi connectivity index (χ1) is 16.9. The van der Waals surface area contributed by atoms with Crippen molar-refractivity contribution in [3.63, 3.8) is 0 Å². The van der Waals surface area contributed by atoms with E-state index in [9.17, 15) is 26.8 Å². The van der Waals surface area contributed by atoms with Gasteiger partial charge in [-0.15, -0.1) is 0 Å². The second-order valence-corrected chi connectivity index (χ2v) is 11.4. The minimum atomic E-state index is -3.84. The van der Waals surface area contributed by atoms with E-state index < -0.39 is 34.0 Å². The van der Waals surface area contributed by atoms with E-state index >= 15 is 0 Å². The Hall–Kier alpha value is -2.69. The quantitative estimate of drug-likeness (QED) is 0.485. The summed E-state index contributed by atoms with van der Waals surface area (Å²) in [6.45, 7) is 2.48. The van der Waals surface area contributed by atoms with E-state index in [1.54, 1.807) is 11.0 Å². The molecular weight excluding hydrogens is 488 g/mol. The molecule has 3 rings (SSSR count). The molecule has 0 radical (unpaired) electrons. The van der Waals surface area contributed by atoms with Gasteiger partial charge in [-0.3, -0.25) is 9.59 Å². The lowest BCUT2D eigenvalue weighted by Gasteiger charge is -2.33. The molecular formula is C26H33F2N3O4S. The minimum absolute atomic E-state index is 0.00189. The fraction of sp³-hybridized carbons (Fsp3) is 0.462. The number of sulfonamides is 1. The molecule has 196 valence electrons. The van der Waals surface area contributed by atoms with Crippen molar-refractivity contribution in [1.29, 1.82) is 0 Å².